The molecule has 0 atom stereocenters. The molecule has 0 fully saturated rings. The summed E-state index contributed by atoms with van der Waals surface area (Å²) in [4.78, 5) is 9.43. The van der Waals surface area contributed by atoms with Gasteiger partial charge in [0, 0.05) is 17.5 Å². The zero-order valence-corrected chi connectivity index (χ0v) is 10.9. The van der Waals surface area contributed by atoms with Crippen molar-refractivity contribution < 1.29 is 0 Å². The van der Waals surface area contributed by atoms with Gasteiger partial charge < -0.3 is 5.32 Å². The molecule has 3 aromatic rings. The number of hydrogen-bond donors (Lipinski definition) is 1. The zero-order chi connectivity index (χ0) is 12.4. The monoisotopic (exact) mass is 279 g/mol. The maximum absolute atomic E-state index is 5.93. The van der Waals surface area contributed by atoms with E-state index in [1.807, 2.05) is 0 Å². The Bertz CT molecular complexity index is 649. The molecule has 0 radical (unpaired) electrons. The Morgan fingerprint density at radius 2 is 2.39 bits per heavy atom. The molecule has 0 aliphatic carbocycles. The fourth-order valence-electron chi connectivity index (χ4n) is 1.68. The molecule has 0 aliphatic rings. The van der Waals surface area contributed by atoms with Crippen LogP contribution in [0, 0.1) is 0 Å². The molecule has 0 aliphatic heterocycles. The number of halogens is 1. The Balaban J connectivity index is 1.75. The van der Waals surface area contributed by atoms with Gasteiger partial charge in [-0.1, -0.05) is 17.7 Å². The second-order valence-corrected chi connectivity index (χ2v) is 5.11. The van der Waals surface area contributed by atoms with Gasteiger partial charge in [0.1, 0.15) is 17.3 Å². The molecular formula is C11H10ClN5S. The second kappa shape index (κ2) is 4.91. The highest BCUT2D eigenvalue weighted by atomic mass is 35.5. The Morgan fingerprint density at radius 3 is 3.22 bits per heavy atom. The minimum absolute atomic E-state index is 0.411. The average Bonchev–Trinajstić information content (AvgIpc) is 2.98. The van der Waals surface area contributed by atoms with Crippen molar-refractivity contribution in [1.29, 1.82) is 0 Å². The lowest BCUT2D eigenvalue weighted by atomic mass is 10.3. The lowest BCUT2D eigenvalue weighted by molar-refractivity contribution is 0.917. The molecule has 0 saturated heterocycles. The van der Waals surface area contributed by atoms with Crippen LogP contribution in [0.3, 0.4) is 0 Å². The molecule has 1 N–H and O–H groups in total. The molecule has 7 heteroatoms. The van der Waals surface area contributed by atoms with Crippen LogP contribution in [-0.2, 0) is 6.42 Å². The van der Waals surface area contributed by atoms with Crippen LogP contribution in [0.2, 0.25) is 5.15 Å². The summed E-state index contributed by atoms with van der Waals surface area (Å²) in [7, 11) is 0. The van der Waals surface area contributed by atoms with E-state index >= 15 is 0 Å². The summed E-state index contributed by atoms with van der Waals surface area (Å²) in [6, 6.07) is 5.92. The molecule has 0 saturated carbocycles. The third kappa shape index (κ3) is 2.30. The summed E-state index contributed by atoms with van der Waals surface area (Å²) in [5, 5.41) is 9.88. The maximum atomic E-state index is 5.93. The quantitative estimate of drug-likeness (QED) is 0.746. The van der Waals surface area contributed by atoms with Gasteiger partial charge >= 0.3 is 0 Å². The van der Waals surface area contributed by atoms with E-state index in [4.69, 9.17) is 11.6 Å². The van der Waals surface area contributed by atoms with E-state index in [9.17, 15) is 0 Å². The lowest BCUT2D eigenvalue weighted by Gasteiger charge is -2.07. The number of thiophene rings is 1. The van der Waals surface area contributed by atoms with Crippen LogP contribution in [0.25, 0.3) is 5.78 Å². The Hall–Kier alpha value is -1.66. The van der Waals surface area contributed by atoms with Crippen molar-refractivity contribution in [2.45, 2.75) is 6.42 Å². The highest BCUT2D eigenvalue weighted by molar-refractivity contribution is 7.09. The molecule has 92 valence electrons. The summed E-state index contributed by atoms with van der Waals surface area (Å²) in [6.45, 7) is 0.815. The van der Waals surface area contributed by atoms with Crippen molar-refractivity contribution in [3.05, 3.63) is 39.9 Å². The van der Waals surface area contributed by atoms with Crippen LogP contribution < -0.4 is 5.32 Å². The van der Waals surface area contributed by atoms with E-state index in [1.54, 1.807) is 21.9 Å². The molecule has 0 unspecified atom stereocenters. The standard InChI is InChI=1S/C11H10ClN5S/c12-9-6-10(17-11(16-9)14-7-15-17)13-4-3-8-2-1-5-18-8/h1-2,5-7,13H,3-4H2. The summed E-state index contributed by atoms with van der Waals surface area (Å²) < 4.78 is 1.64. The first-order valence-corrected chi connectivity index (χ1v) is 6.71. The van der Waals surface area contributed by atoms with E-state index in [-0.39, 0.29) is 0 Å². The Morgan fingerprint density at radius 1 is 1.44 bits per heavy atom. The van der Waals surface area contributed by atoms with Gasteiger partial charge in [0.15, 0.2) is 0 Å². The van der Waals surface area contributed by atoms with E-state index in [2.05, 4.69) is 37.9 Å². The summed E-state index contributed by atoms with van der Waals surface area (Å²) in [5.41, 5.74) is 0. The van der Waals surface area contributed by atoms with E-state index in [1.165, 1.54) is 11.2 Å². The van der Waals surface area contributed by atoms with Crippen molar-refractivity contribution in [3.63, 3.8) is 0 Å². The fourth-order valence-corrected chi connectivity index (χ4v) is 2.57. The fraction of sp³-hybridized carbons (Fsp3) is 0.182. The molecular weight excluding hydrogens is 270 g/mol. The van der Waals surface area contributed by atoms with Crippen LogP contribution in [0.15, 0.2) is 29.9 Å². The first kappa shape index (κ1) is 11.4. The molecule has 3 heterocycles. The number of hydrogen-bond acceptors (Lipinski definition) is 5. The normalized spacial score (nSPS) is 10.9. The number of aromatic nitrogens is 4. The predicted molar refractivity (Wildman–Crippen MR) is 72.3 cm³/mol. The number of rotatable bonds is 4. The maximum Gasteiger partial charge on any atom is 0.255 e. The number of nitrogens with zero attached hydrogens (tertiary/aromatic N) is 4. The topological polar surface area (TPSA) is 55.1 Å². The third-order valence-electron chi connectivity index (χ3n) is 2.48. The van der Waals surface area contributed by atoms with E-state index in [0.29, 0.717) is 10.9 Å². The molecule has 0 amide bonds. The third-order valence-corrected chi connectivity index (χ3v) is 3.61. The molecule has 0 spiro atoms. The highest BCUT2D eigenvalue weighted by Gasteiger charge is 2.05. The SMILES string of the molecule is Clc1cc(NCCc2cccs2)n2ncnc2n1. The number of anilines is 1. The molecule has 3 rings (SSSR count). The van der Waals surface area contributed by atoms with E-state index < -0.39 is 0 Å². The van der Waals surface area contributed by atoms with Gasteiger partial charge in [-0.2, -0.15) is 19.6 Å². The lowest BCUT2D eigenvalue weighted by Crippen LogP contribution is -2.09. The van der Waals surface area contributed by atoms with Gasteiger partial charge in [0.05, 0.1) is 0 Å². The number of nitrogens with one attached hydrogen (secondary N) is 1. The van der Waals surface area contributed by atoms with Crippen molar-refractivity contribution in [3.8, 4) is 0 Å². The van der Waals surface area contributed by atoms with Crippen LogP contribution in [0.4, 0.5) is 5.82 Å². The smallest absolute Gasteiger partial charge is 0.255 e. The summed E-state index contributed by atoms with van der Waals surface area (Å²) >= 11 is 7.68. The van der Waals surface area contributed by atoms with Crippen LogP contribution in [-0.4, -0.2) is 26.1 Å². The predicted octanol–water partition coefficient (Wildman–Crippen LogP) is 2.49. The minimum atomic E-state index is 0.411. The van der Waals surface area contributed by atoms with Gasteiger partial charge in [0.25, 0.3) is 5.78 Å². The Kier molecular flexibility index (Phi) is 3.12. The average molecular weight is 280 g/mol. The number of fused-ring (bicyclic) bond motifs is 1. The van der Waals surface area contributed by atoms with Crippen LogP contribution >= 0.6 is 22.9 Å². The molecule has 3 aromatic heterocycles. The Labute approximate surface area is 112 Å². The molecule has 5 nitrogen and oxygen atoms in total. The van der Waals surface area contributed by atoms with E-state index in [0.717, 1.165) is 18.8 Å². The van der Waals surface area contributed by atoms with Gasteiger partial charge in [-0.3, -0.25) is 0 Å². The first-order chi connectivity index (χ1) is 8.83. The second-order valence-electron chi connectivity index (χ2n) is 3.69. The zero-order valence-electron chi connectivity index (χ0n) is 9.38. The molecule has 18 heavy (non-hydrogen) atoms. The van der Waals surface area contributed by atoms with Crippen LogP contribution in [0.1, 0.15) is 4.88 Å². The van der Waals surface area contributed by atoms with Crippen molar-refractivity contribution in [1.82, 2.24) is 19.6 Å². The van der Waals surface area contributed by atoms with Crippen molar-refractivity contribution >= 4 is 34.5 Å². The van der Waals surface area contributed by atoms with Gasteiger partial charge in [-0.15, -0.1) is 11.3 Å². The summed E-state index contributed by atoms with van der Waals surface area (Å²) in [6.07, 6.45) is 2.43. The first-order valence-electron chi connectivity index (χ1n) is 5.45. The molecule has 0 aromatic carbocycles. The van der Waals surface area contributed by atoms with Gasteiger partial charge in [-0.05, 0) is 17.9 Å². The highest BCUT2D eigenvalue weighted by Crippen LogP contribution is 2.15. The van der Waals surface area contributed by atoms with Gasteiger partial charge in [-0.25, -0.2) is 0 Å². The van der Waals surface area contributed by atoms with Crippen LogP contribution in [0.5, 0.6) is 0 Å². The van der Waals surface area contributed by atoms with Crippen molar-refractivity contribution in [2.75, 3.05) is 11.9 Å². The minimum Gasteiger partial charge on any atom is -0.369 e. The largest absolute Gasteiger partial charge is 0.369 e. The molecule has 0 bridgehead atoms. The summed E-state index contributed by atoms with van der Waals surface area (Å²) in [5.74, 6) is 1.31. The van der Waals surface area contributed by atoms with Gasteiger partial charge in [0.2, 0.25) is 0 Å². The van der Waals surface area contributed by atoms with Crippen molar-refractivity contribution in [2.24, 2.45) is 0 Å².